The zero-order valence-corrected chi connectivity index (χ0v) is 7.32. The molecule has 0 heteroatoms. The molecule has 0 N–H and O–H groups in total. The van der Waals surface area contributed by atoms with Crippen LogP contribution in [0.3, 0.4) is 0 Å². The Morgan fingerprint density at radius 3 is 2.40 bits per heavy atom. The van der Waals surface area contributed by atoms with E-state index in [-0.39, 0.29) is 0 Å². The van der Waals surface area contributed by atoms with Crippen LogP contribution < -0.4 is 0 Å². The molecule has 0 aromatic heterocycles. The van der Waals surface area contributed by atoms with Crippen molar-refractivity contribution in [1.29, 1.82) is 0 Å². The Kier molecular flexibility index (Phi) is 8.51. The van der Waals surface area contributed by atoms with Crippen molar-refractivity contribution in [3.63, 3.8) is 0 Å². The van der Waals surface area contributed by atoms with E-state index < -0.39 is 0 Å². The van der Waals surface area contributed by atoms with Gasteiger partial charge in [-0.1, -0.05) is 38.7 Å². The molecule has 0 rings (SSSR count). The third kappa shape index (κ3) is 7.74. The van der Waals surface area contributed by atoms with Gasteiger partial charge in [0.1, 0.15) is 0 Å². The Hall–Kier alpha value is -0.260. The van der Waals surface area contributed by atoms with E-state index in [1.54, 1.807) is 0 Å². The fourth-order valence-electron chi connectivity index (χ4n) is 0.975. The molecule has 0 amide bonds. The molecule has 0 nitrogen and oxygen atoms in total. The van der Waals surface area contributed by atoms with Crippen LogP contribution in [0.4, 0.5) is 0 Å². The monoisotopic (exact) mass is 139 g/mol. The lowest BCUT2D eigenvalue weighted by molar-refractivity contribution is 0.634. The van der Waals surface area contributed by atoms with Crippen LogP contribution in [0.5, 0.6) is 0 Å². The highest BCUT2D eigenvalue weighted by Crippen LogP contribution is 2.04. The van der Waals surface area contributed by atoms with E-state index >= 15 is 0 Å². The van der Waals surface area contributed by atoms with E-state index in [9.17, 15) is 0 Å². The SMILES string of the molecule is C/C=[C]/CCCCCCC. The second kappa shape index (κ2) is 8.74. The molecule has 10 heavy (non-hydrogen) atoms. The van der Waals surface area contributed by atoms with Gasteiger partial charge in [0.15, 0.2) is 0 Å². The van der Waals surface area contributed by atoms with Crippen molar-refractivity contribution in [3.8, 4) is 0 Å². The third-order valence-corrected chi connectivity index (χ3v) is 1.63. The lowest BCUT2D eigenvalue weighted by Crippen LogP contribution is -1.75. The molecule has 0 aromatic carbocycles. The first-order valence-electron chi connectivity index (χ1n) is 4.43. The van der Waals surface area contributed by atoms with Crippen LogP contribution in [0.25, 0.3) is 0 Å². The molecule has 0 atom stereocenters. The van der Waals surface area contributed by atoms with Gasteiger partial charge in [-0.15, -0.1) is 0 Å². The van der Waals surface area contributed by atoms with Crippen molar-refractivity contribution in [1.82, 2.24) is 0 Å². The second-order valence-corrected chi connectivity index (χ2v) is 2.66. The van der Waals surface area contributed by atoms with Crippen LogP contribution >= 0.6 is 0 Å². The summed E-state index contributed by atoms with van der Waals surface area (Å²) in [5, 5.41) is 0. The predicted molar refractivity (Wildman–Crippen MR) is 46.9 cm³/mol. The smallest absolute Gasteiger partial charge is 0.0280 e. The van der Waals surface area contributed by atoms with Crippen LogP contribution in [0.1, 0.15) is 52.4 Å². The molecule has 0 unspecified atom stereocenters. The molecule has 0 spiro atoms. The van der Waals surface area contributed by atoms with Crippen molar-refractivity contribution in [2.45, 2.75) is 52.4 Å². The molecule has 0 bridgehead atoms. The molecular formula is C10H19. The minimum Gasteiger partial charge on any atom is -0.0842 e. The predicted octanol–water partition coefficient (Wildman–Crippen LogP) is 3.73. The molecule has 59 valence electrons. The van der Waals surface area contributed by atoms with E-state index in [0.717, 1.165) is 6.42 Å². The summed E-state index contributed by atoms with van der Waals surface area (Å²) in [5.41, 5.74) is 0. The number of allylic oxidation sites excluding steroid dienone is 2. The fraction of sp³-hybridized carbons (Fsp3) is 0.800. The summed E-state index contributed by atoms with van der Waals surface area (Å²) in [6.07, 6.45) is 13.2. The van der Waals surface area contributed by atoms with Crippen LogP contribution in [0, 0.1) is 6.08 Å². The Labute approximate surface area is 65.3 Å². The van der Waals surface area contributed by atoms with Crippen molar-refractivity contribution in [3.05, 3.63) is 12.2 Å². The van der Waals surface area contributed by atoms with Crippen LogP contribution in [-0.4, -0.2) is 0 Å². The average Bonchev–Trinajstić information content (AvgIpc) is 1.97. The molecular weight excluding hydrogens is 120 g/mol. The van der Waals surface area contributed by atoms with E-state index in [1.807, 2.05) is 13.0 Å². The molecule has 0 fully saturated rings. The Morgan fingerprint density at radius 1 is 1.10 bits per heavy atom. The normalized spacial score (nSPS) is 11.0. The quantitative estimate of drug-likeness (QED) is 0.492. The Balaban J connectivity index is 2.77. The third-order valence-electron chi connectivity index (χ3n) is 1.63. The van der Waals surface area contributed by atoms with Crippen LogP contribution in [0.2, 0.25) is 0 Å². The topological polar surface area (TPSA) is 0 Å². The molecule has 1 radical (unpaired) electrons. The zero-order chi connectivity index (χ0) is 7.66. The molecule has 0 saturated carbocycles. The van der Waals surface area contributed by atoms with E-state index in [1.165, 1.54) is 32.1 Å². The van der Waals surface area contributed by atoms with E-state index in [4.69, 9.17) is 0 Å². The van der Waals surface area contributed by atoms with Gasteiger partial charge in [-0.25, -0.2) is 0 Å². The first kappa shape index (κ1) is 9.74. The molecule has 0 aliphatic rings. The molecule has 0 saturated heterocycles. The standard InChI is InChI=1S/C10H19/c1-3-5-7-9-10-8-6-4-2/h3H,4,6-10H2,1-2H3. The highest BCUT2D eigenvalue weighted by molar-refractivity contribution is 4.66. The highest BCUT2D eigenvalue weighted by atomic mass is 13.9. The maximum Gasteiger partial charge on any atom is -0.0280 e. The van der Waals surface area contributed by atoms with Crippen LogP contribution in [0.15, 0.2) is 6.08 Å². The van der Waals surface area contributed by atoms with Gasteiger partial charge < -0.3 is 0 Å². The summed E-state index contributed by atoms with van der Waals surface area (Å²) in [4.78, 5) is 0. The summed E-state index contributed by atoms with van der Waals surface area (Å²) in [7, 11) is 0. The first-order valence-corrected chi connectivity index (χ1v) is 4.43. The van der Waals surface area contributed by atoms with Gasteiger partial charge in [-0.3, -0.25) is 0 Å². The lowest BCUT2D eigenvalue weighted by atomic mass is 10.1. The summed E-state index contributed by atoms with van der Waals surface area (Å²) in [6, 6.07) is 0. The Morgan fingerprint density at radius 2 is 1.80 bits per heavy atom. The Bertz CT molecular complexity index is 72.1. The van der Waals surface area contributed by atoms with Gasteiger partial charge in [0.05, 0.1) is 0 Å². The van der Waals surface area contributed by atoms with Gasteiger partial charge >= 0.3 is 0 Å². The number of unbranched alkanes of at least 4 members (excludes halogenated alkanes) is 5. The molecule has 0 aliphatic carbocycles. The maximum atomic E-state index is 3.20. The summed E-state index contributed by atoms with van der Waals surface area (Å²) in [6.45, 7) is 4.28. The van der Waals surface area contributed by atoms with Crippen molar-refractivity contribution in [2.24, 2.45) is 0 Å². The minimum atomic E-state index is 1.15. The van der Waals surface area contributed by atoms with E-state index in [2.05, 4.69) is 13.0 Å². The molecule has 0 aliphatic heterocycles. The largest absolute Gasteiger partial charge is 0.0842 e. The zero-order valence-electron chi connectivity index (χ0n) is 7.32. The molecule has 0 aromatic rings. The molecule has 0 heterocycles. The maximum absolute atomic E-state index is 3.20. The average molecular weight is 139 g/mol. The van der Waals surface area contributed by atoms with Crippen molar-refractivity contribution < 1.29 is 0 Å². The minimum absolute atomic E-state index is 1.15. The highest BCUT2D eigenvalue weighted by Gasteiger charge is 1.85. The number of hydrogen-bond donors (Lipinski definition) is 0. The summed E-state index contributed by atoms with van der Waals surface area (Å²) >= 11 is 0. The lowest BCUT2D eigenvalue weighted by Gasteiger charge is -1.94. The van der Waals surface area contributed by atoms with Gasteiger partial charge in [0.2, 0.25) is 0 Å². The van der Waals surface area contributed by atoms with Crippen molar-refractivity contribution in [2.75, 3.05) is 0 Å². The van der Waals surface area contributed by atoms with Gasteiger partial charge in [-0.05, 0) is 25.8 Å². The summed E-state index contributed by atoms with van der Waals surface area (Å²) < 4.78 is 0. The van der Waals surface area contributed by atoms with Crippen LogP contribution in [-0.2, 0) is 0 Å². The van der Waals surface area contributed by atoms with E-state index in [0.29, 0.717) is 0 Å². The first-order chi connectivity index (χ1) is 4.91. The summed E-state index contributed by atoms with van der Waals surface area (Å²) in [5.74, 6) is 0. The van der Waals surface area contributed by atoms with Gasteiger partial charge in [-0.2, -0.15) is 0 Å². The number of hydrogen-bond acceptors (Lipinski definition) is 0. The number of rotatable bonds is 6. The van der Waals surface area contributed by atoms with Gasteiger partial charge in [0, 0.05) is 0 Å². The van der Waals surface area contributed by atoms with Crippen molar-refractivity contribution >= 4 is 0 Å². The van der Waals surface area contributed by atoms with Gasteiger partial charge in [0.25, 0.3) is 0 Å². The second-order valence-electron chi connectivity index (χ2n) is 2.66. The fourth-order valence-corrected chi connectivity index (χ4v) is 0.975.